The Balaban J connectivity index is 2.08. The van der Waals surface area contributed by atoms with Gasteiger partial charge in [-0.3, -0.25) is 0 Å². The van der Waals surface area contributed by atoms with Gasteiger partial charge >= 0.3 is 0 Å². The van der Waals surface area contributed by atoms with Crippen molar-refractivity contribution in [1.29, 1.82) is 0 Å². The number of anilines is 1. The van der Waals surface area contributed by atoms with E-state index in [0.717, 1.165) is 31.4 Å². The Morgan fingerprint density at radius 2 is 1.76 bits per heavy atom. The van der Waals surface area contributed by atoms with Gasteiger partial charge < -0.3 is 5.32 Å². The second-order valence-corrected chi connectivity index (χ2v) is 4.87. The van der Waals surface area contributed by atoms with Crippen molar-refractivity contribution in [2.24, 2.45) is 5.92 Å². The molecule has 2 unspecified atom stereocenters. The van der Waals surface area contributed by atoms with E-state index in [0.29, 0.717) is 11.6 Å². The van der Waals surface area contributed by atoms with Gasteiger partial charge in [-0.05, 0) is 18.8 Å². The molecule has 4 heteroatoms. The maximum absolute atomic E-state index is 13.0. The van der Waals surface area contributed by atoms with Crippen LogP contribution in [0.25, 0.3) is 0 Å². The molecular formula is C13H16F3N. The summed E-state index contributed by atoms with van der Waals surface area (Å²) in [6.07, 6.45) is 4.29. The minimum absolute atomic E-state index is 0.225. The quantitative estimate of drug-likeness (QED) is 0.771. The van der Waals surface area contributed by atoms with Crippen LogP contribution in [-0.2, 0) is 0 Å². The van der Waals surface area contributed by atoms with Crippen molar-refractivity contribution in [3.8, 4) is 0 Å². The number of benzene rings is 1. The summed E-state index contributed by atoms with van der Waals surface area (Å²) in [4.78, 5) is 0. The highest BCUT2D eigenvalue weighted by atomic mass is 19.2. The zero-order chi connectivity index (χ0) is 12.4. The van der Waals surface area contributed by atoms with Gasteiger partial charge in [0.15, 0.2) is 17.5 Å². The van der Waals surface area contributed by atoms with E-state index in [2.05, 4.69) is 12.2 Å². The molecule has 2 rings (SSSR count). The third-order valence-corrected chi connectivity index (χ3v) is 3.29. The highest BCUT2D eigenvalue weighted by Crippen LogP contribution is 2.27. The molecule has 0 amide bonds. The van der Waals surface area contributed by atoms with Crippen LogP contribution in [0, 0.1) is 23.4 Å². The Hall–Kier alpha value is -1.19. The predicted molar refractivity (Wildman–Crippen MR) is 61.4 cm³/mol. The molecule has 1 fully saturated rings. The first-order valence-electron chi connectivity index (χ1n) is 5.97. The van der Waals surface area contributed by atoms with E-state index in [1.165, 1.54) is 6.42 Å². The van der Waals surface area contributed by atoms with Crippen molar-refractivity contribution < 1.29 is 13.2 Å². The Morgan fingerprint density at radius 1 is 1.12 bits per heavy atom. The lowest BCUT2D eigenvalue weighted by Gasteiger charge is -2.28. The average Bonchev–Trinajstić information content (AvgIpc) is 2.26. The smallest absolute Gasteiger partial charge is 0.194 e. The predicted octanol–water partition coefficient (Wildman–Crippen LogP) is 4.09. The number of hydrogen-bond donors (Lipinski definition) is 1. The fourth-order valence-electron chi connectivity index (χ4n) is 2.44. The van der Waals surface area contributed by atoms with Gasteiger partial charge in [0.05, 0.1) is 0 Å². The number of hydrogen-bond acceptors (Lipinski definition) is 1. The van der Waals surface area contributed by atoms with Crippen LogP contribution in [0.4, 0.5) is 18.9 Å². The fourth-order valence-corrected chi connectivity index (χ4v) is 2.44. The minimum Gasteiger partial charge on any atom is -0.382 e. The highest BCUT2D eigenvalue weighted by Gasteiger charge is 2.19. The summed E-state index contributed by atoms with van der Waals surface area (Å²) in [7, 11) is 0. The second kappa shape index (κ2) is 4.98. The number of halogens is 3. The molecule has 0 heterocycles. The fraction of sp³-hybridized carbons (Fsp3) is 0.538. The second-order valence-electron chi connectivity index (χ2n) is 4.87. The maximum atomic E-state index is 13.0. The van der Waals surface area contributed by atoms with Crippen LogP contribution >= 0.6 is 0 Å². The summed E-state index contributed by atoms with van der Waals surface area (Å²) in [6, 6.07) is 2.25. The van der Waals surface area contributed by atoms with Gasteiger partial charge in [-0.2, -0.15) is 0 Å². The van der Waals surface area contributed by atoms with Crippen LogP contribution in [0.1, 0.15) is 32.6 Å². The van der Waals surface area contributed by atoms with Crippen LogP contribution in [-0.4, -0.2) is 6.04 Å². The molecule has 0 bridgehead atoms. The molecule has 0 spiro atoms. The van der Waals surface area contributed by atoms with Gasteiger partial charge in [0.25, 0.3) is 0 Å². The molecule has 1 aromatic carbocycles. The molecule has 0 radical (unpaired) electrons. The van der Waals surface area contributed by atoms with E-state index in [1.54, 1.807) is 0 Å². The SMILES string of the molecule is CC1CCCC(Nc2cc(F)c(F)c(F)c2)C1. The van der Waals surface area contributed by atoms with Gasteiger partial charge in [0.1, 0.15) is 0 Å². The van der Waals surface area contributed by atoms with Crippen molar-refractivity contribution in [3.63, 3.8) is 0 Å². The lowest BCUT2D eigenvalue weighted by Crippen LogP contribution is -2.26. The van der Waals surface area contributed by atoms with Gasteiger partial charge in [-0.25, -0.2) is 13.2 Å². The molecule has 1 aliphatic carbocycles. The summed E-state index contributed by atoms with van der Waals surface area (Å²) in [5.74, 6) is -3.07. The van der Waals surface area contributed by atoms with Crippen molar-refractivity contribution in [2.45, 2.75) is 38.6 Å². The van der Waals surface area contributed by atoms with Gasteiger partial charge in [0.2, 0.25) is 0 Å². The molecule has 2 atom stereocenters. The molecule has 1 aromatic rings. The third-order valence-electron chi connectivity index (χ3n) is 3.29. The summed E-state index contributed by atoms with van der Waals surface area (Å²) >= 11 is 0. The van der Waals surface area contributed by atoms with Crippen LogP contribution in [0.5, 0.6) is 0 Å². The maximum Gasteiger partial charge on any atom is 0.194 e. The first kappa shape index (κ1) is 12.3. The minimum atomic E-state index is -1.41. The standard InChI is InChI=1S/C13H16F3N/c1-8-3-2-4-9(5-8)17-10-6-11(14)13(16)12(15)7-10/h6-9,17H,2-5H2,1H3. The summed E-state index contributed by atoms with van der Waals surface area (Å²) in [5.41, 5.74) is 0.320. The van der Waals surface area contributed by atoms with Crippen molar-refractivity contribution in [3.05, 3.63) is 29.6 Å². The van der Waals surface area contributed by atoms with Crippen molar-refractivity contribution in [2.75, 3.05) is 5.32 Å². The van der Waals surface area contributed by atoms with E-state index in [9.17, 15) is 13.2 Å². The monoisotopic (exact) mass is 243 g/mol. The largest absolute Gasteiger partial charge is 0.382 e. The Morgan fingerprint density at radius 3 is 2.35 bits per heavy atom. The Bertz CT molecular complexity index is 383. The lowest BCUT2D eigenvalue weighted by molar-refractivity contribution is 0.358. The molecule has 1 nitrogen and oxygen atoms in total. The number of nitrogens with one attached hydrogen (secondary N) is 1. The molecule has 0 saturated heterocycles. The van der Waals surface area contributed by atoms with Gasteiger partial charge in [0, 0.05) is 23.9 Å². The van der Waals surface area contributed by atoms with E-state index in [4.69, 9.17) is 0 Å². The molecule has 1 aliphatic rings. The third kappa shape index (κ3) is 2.93. The molecule has 94 valence electrons. The van der Waals surface area contributed by atoms with Crippen LogP contribution < -0.4 is 5.32 Å². The van der Waals surface area contributed by atoms with Crippen LogP contribution in [0.3, 0.4) is 0 Å². The van der Waals surface area contributed by atoms with Gasteiger partial charge in [-0.15, -0.1) is 0 Å². The van der Waals surface area contributed by atoms with Crippen LogP contribution in [0.2, 0.25) is 0 Å². The zero-order valence-corrected chi connectivity index (χ0v) is 9.77. The molecular weight excluding hydrogens is 227 g/mol. The molecule has 1 saturated carbocycles. The Labute approximate surface area is 99.0 Å². The Kier molecular flexibility index (Phi) is 3.60. The van der Waals surface area contributed by atoms with Gasteiger partial charge in [-0.1, -0.05) is 19.8 Å². The van der Waals surface area contributed by atoms with Crippen molar-refractivity contribution >= 4 is 5.69 Å². The first-order valence-corrected chi connectivity index (χ1v) is 5.97. The summed E-state index contributed by atoms with van der Waals surface area (Å²) in [6.45, 7) is 2.17. The van der Waals surface area contributed by atoms with E-state index in [-0.39, 0.29) is 6.04 Å². The summed E-state index contributed by atoms with van der Waals surface area (Å²) < 4.78 is 38.8. The van der Waals surface area contributed by atoms with Crippen molar-refractivity contribution in [1.82, 2.24) is 0 Å². The molecule has 1 N–H and O–H groups in total. The number of rotatable bonds is 2. The zero-order valence-electron chi connectivity index (χ0n) is 9.77. The topological polar surface area (TPSA) is 12.0 Å². The molecule has 17 heavy (non-hydrogen) atoms. The highest BCUT2D eigenvalue weighted by molar-refractivity contribution is 5.45. The first-order chi connectivity index (χ1) is 8.06. The van der Waals surface area contributed by atoms with E-state index >= 15 is 0 Å². The summed E-state index contributed by atoms with van der Waals surface area (Å²) in [5, 5.41) is 3.07. The normalized spacial score (nSPS) is 24.7. The molecule has 0 aliphatic heterocycles. The lowest BCUT2D eigenvalue weighted by atomic mass is 9.87. The molecule has 0 aromatic heterocycles. The average molecular weight is 243 g/mol. The van der Waals surface area contributed by atoms with Crippen LogP contribution in [0.15, 0.2) is 12.1 Å². The van der Waals surface area contributed by atoms with E-state index < -0.39 is 17.5 Å². The van der Waals surface area contributed by atoms with E-state index in [1.807, 2.05) is 0 Å².